The summed E-state index contributed by atoms with van der Waals surface area (Å²) in [6.45, 7) is 2.08. The van der Waals surface area contributed by atoms with Crippen LogP contribution in [0.25, 0.3) is 0 Å². The van der Waals surface area contributed by atoms with Gasteiger partial charge in [0.05, 0.1) is 0 Å². The van der Waals surface area contributed by atoms with Crippen molar-refractivity contribution in [2.45, 2.75) is 35.3 Å². The zero-order valence-corrected chi connectivity index (χ0v) is 12.5. The van der Waals surface area contributed by atoms with E-state index >= 15 is 0 Å². The molecule has 0 aromatic rings. The van der Waals surface area contributed by atoms with Gasteiger partial charge in [-0.1, -0.05) is 6.92 Å². The molecule has 1 unspecified atom stereocenters. The Balaban J connectivity index is 2.27. The predicted octanol–water partition coefficient (Wildman–Crippen LogP) is 1.76. The summed E-state index contributed by atoms with van der Waals surface area (Å²) in [5, 5.41) is 0. The number of fused-ring (bicyclic) bond motifs is 5. The highest BCUT2D eigenvalue weighted by Gasteiger charge is 2.90. The van der Waals surface area contributed by atoms with Crippen molar-refractivity contribution in [2.24, 2.45) is 17.8 Å². The Bertz CT molecular complexity index is 437. The van der Waals surface area contributed by atoms with Gasteiger partial charge in [0.2, 0.25) is 17.4 Å². The van der Waals surface area contributed by atoms with Gasteiger partial charge < -0.3 is 9.47 Å². The second-order valence-electron chi connectivity index (χ2n) is 5.90. The van der Waals surface area contributed by atoms with Crippen LogP contribution in [0.5, 0.6) is 0 Å². The lowest BCUT2D eigenvalue weighted by molar-refractivity contribution is -0.223. The molecule has 19 heavy (non-hydrogen) atoms. The maximum Gasteiger partial charge on any atom is 0.227 e. The fraction of sp³-hybridized carbons (Fsp3) is 0.846. The van der Waals surface area contributed by atoms with Crippen LogP contribution >= 0.6 is 23.2 Å². The van der Waals surface area contributed by atoms with Gasteiger partial charge in [0.1, 0.15) is 0 Å². The van der Waals surface area contributed by atoms with Crippen LogP contribution in [0.2, 0.25) is 0 Å². The Kier molecular flexibility index (Phi) is 2.71. The number of hydrogen-bond acceptors (Lipinski definition) is 4. The number of alkyl halides is 2. The molecule has 0 aromatic carbocycles. The van der Waals surface area contributed by atoms with Crippen LogP contribution in [-0.2, 0) is 19.1 Å². The van der Waals surface area contributed by atoms with E-state index in [1.165, 1.54) is 14.2 Å². The summed E-state index contributed by atoms with van der Waals surface area (Å²) in [4.78, 5) is 21.7. The molecule has 2 bridgehead atoms. The first-order valence-electron chi connectivity index (χ1n) is 6.38. The van der Waals surface area contributed by atoms with Crippen molar-refractivity contribution in [1.82, 2.24) is 0 Å². The Morgan fingerprint density at radius 2 is 1.37 bits per heavy atom. The van der Waals surface area contributed by atoms with Crippen LogP contribution in [0.15, 0.2) is 0 Å². The molecule has 0 spiro atoms. The maximum atomic E-state index is 12.4. The lowest BCUT2D eigenvalue weighted by atomic mass is 9.79. The molecule has 0 saturated heterocycles. The van der Waals surface area contributed by atoms with Gasteiger partial charge in [-0.05, 0) is 30.6 Å². The highest BCUT2D eigenvalue weighted by molar-refractivity contribution is 6.66. The molecule has 3 rings (SSSR count). The summed E-state index contributed by atoms with van der Waals surface area (Å²) in [5.41, 5.74) is 0. The minimum absolute atomic E-state index is 0.174. The SMILES string of the molecule is COC1(OC)[C@@]2(Cl)C(=O)C(=O)[C@]1(Cl)[C@@H]1CC(C)C[C@@H]12. The monoisotopic (exact) mass is 306 g/mol. The third kappa shape index (κ3) is 1.10. The molecular formula is C13H16Cl2O4. The zero-order chi connectivity index (χ0) is 14.2. The molecule has 3 saturated carbocycles. The molecule has 3 aliphatic rings. The first kappa shape index (κ1) is 13.8. The fourth-order valence-corrected chi connectivity index (χ4v) is 5.88. The third-order valence-electron chi connectivity index (χ3n) is 5.22. The molecule has 0 N–H and O–H groups in total. The van der Waals surface area contributed by atoms with E-state index in [1.54, 1.807) is 0 Å². The highest BCUT2D eigenvalue weighted by atomic mass is 35.5. The number of Topliss-reactive ketones (excluding diaryl/α,β-unsaturated/α-hetero) is 2. The molecule has 0 radical (unpaired) electrons. The number of halogens is 2. The molecule has 4 nitrogen and oxygen atoms in total. The average molecular weight is 307 g/mol. The van der Waals surface area contributed by atoms with Gasteiger partial charge in [-0.3, -0.25) is 9.59 Å². The average Bonchev–Trinajstić information content (AvgIpc) is 2.89. The smallest absolute Gasteiger partial charge is 0.227 e. The van der Waals surface area contributed by atoms with Crippen molar-refractivity contribution in [2.75, 3.05) is 14.2 Å². The minimum atomic E-state index is -1.56. The van der Waals surface area contributed by atoms with E-state index in [-0.39, 0.29) is 11.8 Å². The Morgan fingerprint density at radius 1 is 1.00 bits per heavy atom. The molecule has 0 aliphatic heterocycles. The molecule has 3 fully saturated rings. The van der Waals surface area contributed by atoms with Gasteiger partial charge in [0.25, 0.3) is 0 Å². The standard InChI is InChI=1S/C13H16Cl2O4/c1-6-4-7-8(5-6)12(15)10(17)9(16)11(7,14)13(12,18-2)19-3/h6-8H,4-5H2,1-3H3/t6?,7-,8+,11-,12+. The van der Waals surface area contributed by atoms with Crippen molar-refractivity contribution in [3.05, 3.63) is 0 Å². The molecule has 6 heteroatoms. The molecular weight excluding hydrogens is 291 g/mol. The summed E-state index contributed by atoms with van der Waals surface area (Å²) in [5.74, 6) is -2.85. The van der Waals surface area contributed by atoms with E-state index in [1.807, 2.05) is 0 Å². The van der Waals surface area contributed by atoms with E-state index in [4.69, 9.17) is 32.7 Å². The fourth-order valence-electron chi connectivity index (χ4n) is 4.57. The number of carbonyl (C=O) groups is 2. The van der Waals surface area contributed by atoms with Crippen LogP contribution in [0.4, 0.5) is 0 Å². The quantitative estimate of drug-likeness (QED) is 0.443. The third-order valence-corrected chi connectivity index (χ3v) is 6.62. The lowest BCUT2D eigenvalue weighted by Gasteiger charge is -2.39. The number of ether oxygens (including phenoxy) is 2. The first-order chi connectivity index (χ1) is 8.81. The largest absolute Gasteiger partial charge is 0.349 e. The highest BCUT2D eigenvalue weighted by Crippen LogP contribution is 2.71. The molecule has 5 atom stereocenters. The van der Waals surface area contributed by atoms with E-state index in [2.05, 4.69) is 6.92 Å². The molecule has 3 aliphatic carbocycles. The number of hydrogen-bond donors (Lipinski definition) is 0. The predicted molar refractivity (Wildman–Crippen MR) is 69.3 cm³/mol. The topological polar surface area (TPSA) is 52.6 Å². The normalized spacial score (nSPS) is 50.9. The van der Waals surface area contributed by atoms with E-state index < -0.39 is 27.1 Å². The summed E-state index contributed by atoms with van der Waals surface area (Å²) in [7, 11) is 2.77. The number of rotatable bonds is 2. The second-order valence-corrected chi connectivity index (χ2v) is 7.09. The van der Waals surface area contributed by atoms with Gasteiger partial charge in [-0.15, -0.1) is 23.2 Å². The minimum Gasteiger partial charge on any atom is -0.349 e. The van der Waals surface area contributed by atoms with Crippen LogP contribution < -0.4 is 0 Å². The Morgan fingerprint density at radius 3 is 1.68 bits per heavy atom. The van der Waals surface area contributed by atoms with Gasteiger partial charge in [0.15, 0.2) is 9.75 Å². The Labute approximate surface area is 121 Å². The van der Waals surface area contributed by atoms with Crippen molar-refractivity contribution in [1.29, 1.82) is 0 Å². The number of methoxy groups -OCH3 is 2. The summed E-state index contributed by atoms with van der Waals surface area (Å²) in [6, 6.07) is 0. The van der Waals surface area contributed by atoms with Gasteiger partial charge in [-0.25, -0.2) is 0 Å². The van der Waals surface area contributed by atoms with Crippen LogP contribution in [0.1, 0.15) is 19.8 Å². The van der Waals surface area contributed by atoms with Gasteiger partial charge >= 0.3 is 0 Å². The summed E-state index contributed by atoms with van der Waals surface area (Å²) >= 11 is 13.2. The van der Waals surface area contributed by atoms with Gasteiger partial charge in [-0.2, -0.15) is 0 Å². The van der Waals surface area contributed by atoms with Crippen LogP contribution in [0, 0.1) is 17.8 Å². The maximum absolute atomic E-state index is 12.4. The zero-order valence-electron chi connectivity index (χ0n) is 11.0. The van der Waals surface area contributed by atoms with Crippen LogP contribution in [-0.4, -0.2) is 41.3 Å². The van der Waals surface area contributed by atoms with Crippen LogP contribution in [0.3, 0.4) is 0 Å². The number of carbonyl (C=O) groups excluding carboxylic acids is 2. The Hall–Kier alpha value is -0.160. The molecule has 0 heterocycles. The van der Waals surface area contributed by atoms with Crippen molar-refractivity contribution in [3.8, 4) is 0 Å². The summed E-state index contributed by atoms with van der Waals surface area (Å²) in [6.07, 6.45) is 1.52. The van der Waals surface area contributed by atoms with E-state index in [0.29, 0.717) is 5.92 Å². The molecule has 0 amide bonds. The number of ketones is 2. The van der Waals surface area contributed by atoms with Crippen molar-refractivity contribution >= 4 is 34.8 Å². The first-order valence-corrected chi connectivity index (χ1v) is 7.14. The second kappa shape index (κ2) is 3.73. The lowest BCUT2D eigenvalue weighted by Crippen LogP contribution is -2.58. The molecule has 106 valence electrons. The van der Waals surface area contributed by atoms with E-state index in [0.717, 1.165) is 12.8 Å². The van der Waals surface area contributed by atoms with Crippen molar-refractivity contribution < 1.29 is 19.1 Å². The van der Waals surface area contributed by atoms with Crippen molar-refractivity contribution in [3.63, 3.8) is 0 Å². The van der Waals surface area contributed by atoms with E-state index in [9.17, 15) is 9.59 Å². The molecule has 0 aromatic heterocycles. The van der Waals surface area contributed by atoms with Gasteiger partial charge in [0, 0.05) is 14.2 Å². The summed E-state index contributed by atoms with van der Waals surface area (Å²) < 4.78 is 10.9.